The summed E-state index contributed by atoms with van der Waals surface area (Å²) in [6.07, 6.45) is 4.06. The second-order valence-corrected chi connectivity index (χ2v) is 15.2. The SMILES string of the molecule is CN1[CH-]N(c2[c-]c(Oc3[c-]c4c(cc3)c3cc(-c5ccccc5)ccc3n4-c3cc4c(ccn4-c4ccccc4)cn3)cc(C(C)(C)C)c2)c2ccccc21.[Pt]. The van der Waals surface area contributed by atoms with Crippen molar-refractivity contribution in [3.63, 3.8) is 0 Å². The summed E-state index contributed by atoms with van der Waals surface area (Å²) in [4.78, 5) is 9.36. The number of para-hydroxylation sites is 3. The van der Waals surface area contributed by atoms with Gasteiger partial charge >= 0.3 is 0 Å². The molecule has 0 radical (unpaired) electrons. The van der Waals surface area contributed by atoms with Crippen molar-refractivity contribution < 1.29 is 25.8 Å². The van der Waals surface area contributed by atoms with Crippen molar-refractivity contribution in [3.8, 4) is 34.1 Å². The number of benzene rings is 6. The van der Waals surface area contributed by atoms with Crippen LogP contribution in [0.2, 0.25) is 0 Å². The van der Waals surface area contributed by atoms with Gasteiger partial charge < -0.3 is 23.7 Å². The summed E-state index contributed by atoms with van der Waals surface area (Å²) in [6.45, 7) is 8.78. The summed E-state index contributed by atoms with van der Waals surface area (Å²) < 4.78 is 11.2. The molecule has 6 nitrogen and oxygen atoms in total. The Balaban J connectivity index is 0.00000410. The fourth-order valence-electron chi connectivity index (χ4n) is 7.71. The van der Waals surface area contributed by atoms with Crippen molar-refractivity contribution in [2.45, 2.75) is 26.2 Å². The molecule has 0 saturated heterocycles. The summed E-state index contributed by atoms with van der Waals surface area (Å²) in [7, 11) is 2.07. The van der Waals surface area contributed by atoms with E-state index in [0.717, 1.165) is 72.4 Å². The molecule has 0 atom stereocenters. The van der Waals surface area contributed by atoms with Crippen LogP contribution in [0.1, 0.15) is 26.3 Å². The van der Waals surface area contributed by atoms with Gasteiger partial charge in [0.15, 0.2) is 0 Å². The summed E-state index contributed by atoms with van der Waals surface area (Å²) in [6, 6.07) is 56.0. The number of hydrogen-bond acceptors (Lipinski definition) is 4. The van der Waals surface area contributed by atoms with Gasteiger partial charge in [0.1, 0.15) is 5.82 Å². The molecule has 0 fully saturated rings. The normalized spacial score (nSPS) is 12.7. The van der Waals surface area contributed by atoms with Gasteiger partial charge in [-0.25, -0.2) is 4.98 Å². The molecule has 1 aliphatic rings. The van der Waals surface area contributed by atoms with Gasteiger partial charge in [-0.3, -0.25) is 0 Å². The van der Waals surface area contributed by atoms with Crippen molar-refractivity contribution in [1.29, 1.82) is 0 Å². The Morgan fingerprint density at radius 1 is 0.661 bits per heavy atom. The standard InChI is InChI=1S/C49H38N5O.Pt/c1-49(2,3)36-26-38(53-32-51(4)44-17-11-12-18-45(44)53)28-40(27-36)55-39-20-21-41-42-25-34(33-13-7-5-8-14-33)19-22-43(42)54(47(41)29-39)48-30-46-35(31-50-48)23-24-52(46)37-15-9-6-10-16-37;/h5-27,30-32H,1-4H3;/q-3;. The van der Waals surface area contributed by atoms with Crippen LogP contribution in [-0.4, -0.2) is 21.2 Å². The van der Waals surface area contributed by atoms with E-state index in [2.05, 4.69) is 199 Å². The molecule has 1 aliphatic heterocycles. The van der Waals surface area contributed by atoms with Crippen LogP contribution in [0.15, 0.2) is 152 Å². The predicted molar refractivity (Wildman–Crippen MR) is 225 cm³/mol. The molecule has 10 rings (SSSR count). The van der Waals surface area contributed by atoms with Crippen LogP contribution in [0.5, 0.6) is 11.5 Å². The fraction of sp³-hybridized carbons (Fsp3) is 0.102. The zero-order valence-electron chi connectivity index (χ0n) is 31.5. The molecule has 4 heterocycles. The van der Waals surface area contributed by atoms with E-state index in [4.69, 9.17) is 9.72 Å². The minimum Gasteiger partial charge on any atom is -0.509 e. The Morgan fingerprint density at radius 3 is 2.20 bits per heavy atom. The molecule has 0 bridgehead atoms. The molecular formula is C49H38N5OPt-3. The van der Waals surface area contributed by atoms with Gasteiger partial charge in [-0.1, -0.05) is 99.1 Å². The first-order chi connectivity index (χ1) is 26.8. The average molecular weight is 908 g/mol. The summed E-state index contributed by atoms with van der Waals surface area (Å²) in [5.41, 5.74) is 10.6. The van der Waals surface area contributed by atoms with Crippen molar-refractivity contribution >= 4 is 49.8 Å². The van der Waals surface area contributed by atoms with E-state index >= 15 is 0 Å². The second kappa shape index (κ2) is 13.9. The van der Waals surface area contributed by atoms with E-state index in [0.29, 0.717) is 11.5 Å². The first kappa shape index (κ1) is 35.6. The number of nitrogens with zero attached hydrogens (tertiary/aromatic N) is 5. The van der Waals surface area contributed by atoms with Crippen LogP contribution in [0.3, 0.4) is 0 Å². The summed E-state index contributed by atoms with van der Waals surface area (Å²) in [5, 5.41) is 3.26. The summed E-state index contributed by atoms with van der Waals surface area (Å²) >= 11 is 0. The predicted octanol–water partition coefficient (Wildman–Crippen LogP) is 12.2. The van der Waals surface area contributed by atoms with Crippen molar-refractivity contribution in [3.05, 3.63) is 176 Å². The van der Waals surface area contributed by atoms with Gasteiger partial charge in [-0.15, -0.1) is 47.0 Å². The maximum atomic E-state index is 6.75. The van der Waals surface area contributed by atoms with Crippen LogP contribution < -0.4 is 14.5 Å². The number of anilines is 3. The Kier molecular flexibility index (Phi) is 8.82. The van der Waals surface area contributed by atoms with Crippen LogP contribution in [0.4, 0.5) is 17.1 Å². The van der Waals surface area contributed by atoms with Gasteiger partial charge in [0, 0.05) is 79.0 Å². The van der Waals surface area contributed by atoms with E-state index in [-0.39, 0.29) is 26.5 Å². The molecule has 0 unspecified atom stereocenters. The van der Waals surface area contributed by atoms with Crippen LogP contribution in [0, 0.1) is 18.8 Å². The van der Waals surface area contributed by atoms with Crippen molar-refractivity contribution in [2.75, 3.05) is 16.8 Å². The zero-order chi connectivity index (χ0) is 37.3. The Bertz CT molecular complexity index is 2890. The number of rotatable bonds is 6. The van der Waals surface area contributed by atoms with Gasteiger partial charge in [0.25, 0.3) is 0 Å². The number of aromatic nitrogens is 3. The average Bonchev–Trinajstić information content (AvgIpc) is 3.89. The topological polar surface area (TPSA) is 38.5 Å². The Morgan fingerprint density at radius 2 is 1.41 bits per heavy atom. The van der Waals surface area contributed by atoms with Crippen molar-refractivity contribution in [2.24, 2.45) is 0 Å². The zero-order valence-corrected chi connectivity index (χ0v) is 33.7. The number of fused-ring (bicyclic) bond motifs is 5. The van der Waals surface area contributed by atoms with Crippen LogP contribution in [-0.2, 0) is 26.5 Å². The molecular weight excluding hydrogens is 870 g/mol. The molecule has 0 amide bonds. The van der Waals surface area contributed by atoms with Gasteiger partial charge in [0.2, 0.25) is 0 Å². The van der Waals surface area contributed by atoms with Gasteiger partial charge in [0.05, 0.1) is 5.52 Å². The Hall–Kier alpha value is -6.10. The molecule has 278 valence electrons. The largest absolute Gasteiger partial charge is 0.509 e. The minimum atomic E-state index is -0.120. The fourth-order valence-corrected chi connectivity index (χ4v) is 7.71. The first-order valence-corrected chi connectivity index (χ1v) is 18.6. The van der Waals surface area contributed by atoms with E-state index in [1.807, 2.05) is 18.3 Å². The molecule has 0 saturated carbocycles. The van der Waals surface area contributed by atoms with E-state index in [1.54, 1.807) is 0 Å². The molecule has 0 N–H and O–H groups in total. The van der Waals surface area contributed by atoms with Crippen LogP contribution in [0.25, 0.3) is 55.3 Å². The van der Waals surface area contributed by atoms with Gasteiger partial charge in [-0.2, -0.15) is 12.7 Å². The number of pyridine rings is 1. The second-order valence-electron chi connectivity index (χ2n) is 15.2. The maximum absolute atomic E-state index is 6.75. The Labute approximate surface area is 341 Å². The molecule has 9 aromatic rings. The van der Waals surface area contributed by atoms with Crippen LogP contribution >= 0.6 is 0 Å². The smallest absolute Gasteiger partial charge is 0.137 e. The molecule has 0 spiro atoms. The third kappa shape index (κ3) is 6.15. The molecule has 7 heteroatoms. The third-order valence-corrected chi connectivity index (χ3v) is 10.6. The van der Waals surface area contributed by atoms with Crippen molar-refractivity contribution in [1.82, 2.24) is 14.1 Å². The minimum absolute atomic E-state index is 0. The maximum Gasteiger partial charge on any atom is 0.137 e. The number of ether oxygens (including phenoxy) is 1. The summed E-state index contributed by atoms with van der Waals surface area (Å²) in [5.74, 6) is 2.04. The van der Waals surface area contributed by atoms with Gasteiger partial charge in [-0.05, 0) is 65.4 Å². The number of hydrogen-bond donors (Lipinski definition) is 0. The quantitative estimate of drug-likeness (QED) is 0.156. The third-order valence-electron chi connectivity index (χ3n) is 10.6. The van der Waals surface area contributed by atoms with E-state index < -0.39 is 0 Å². The van der Waals surface area contributed by atoms with E-state index in [9.17, 15) is 0 Å². The molecule has 3 aromatic heterocycles. The first-order valence-electron chi connectivity index (χ1n) is 18.6. The van der Waals surface area contributed by atoms with E-state index in [1.165, 1.54) is 5.56 Å². The monoisotopic (exact) mass is 907 g/mol. The molecule has 0 aliphatic carbocycles. The molecule has 6 aromatic carbocycles. The molecule has 56 heavy (non-hydrogen) atoms.